The van der Waals surface area contributed by atoms with Crippen LogP contribution in [0.5, 0.6) is 0 Å². The minimum atomic E-state index is -0.467. The Balaban J connectivity index is 2.48. The van der Waals surface area contributed by atoms with Crippen molar-refractivity contribution >= 4 is 17.7 Å². The molecule has 1 aliphatic rings. The number of aliphatic hydroxyl groups excluding tert-OH is 1. The van der Waals surface area contributed by atoms with E-state index in [1.165, 1.54) is 7.11 Å². The number of aliphatic hydroxyl groups is 1. The Hall–Kier alpha value is -0.260. The summed E-state index contributed by atoms with van der Waals surface area (Å²) in [5, 5.41) is 9.03. The van der Waals surface area contributed by atoms with Crippen LogP contribution in [-0.2, 0) is 9.53 Å². The molecule has 1 fully saturated rings. The molecule has 0 spiro atoms. The predicted octanol–water partition coefficient (Wildman–Crippen LogP) is -0.431. The van der Waals surface area contributed by atoms with Crippen LogP contribution in [0.2, 0.25) is 0 Å². The van der Waals surface area contributed by atoms with Crippen LogP contribution in [0.15, 0.2) is 0 Å². The molecule has 0 aromatic rings. The lowest BCUT2D eigenvalue weighted by Crippen LogP contribution is -2.48. The topological polar surface area (TPSA) is 49.8 Å². The molecular weight excluding hydrogens is 190 g/mol. The van der Waals surface area contributed by atoms with Crippen LogP contribution in [0.4, 0.5) is 0 Å². The van der Waals surface area contributed by atoms with Gasteiger partial charge in [-0.15, -0.1) is 0 Å². The van der Waals surface area contributed by atoms with E-state index in [9.17, 15) is 4.79 Å². The van der Waals surface area contributed by atoms with Gasteiger partial charge in [0.15, 0.2) is 0 Å². The summed E-state index contributed by atoms with van der Waals surface area (Å²) in [6.07, 6.45) is 0. The molecule has 76 valence electrons. The second kappa shape index (κ2) is 5.47. The first-order valence-corrected chi connectivity index (χ1v) is 5.45. The molecular formula is C8H15NO3S. The van der Waals surface area contributed by atoms with Crippen LogP contribution in [0.1, 0.15) is 0 Å². The molecule has 1 N–H and O–H groups in total. The third-order valence-electron chi connectivity index (χ3n) is 2.13. The fourth-order valence-electron chi connectivity index (χ4n) is 1.36. The fraction of sp³-hybridized carbons (Fsp3) is 0.875. The number of nitrogens with zero attached hydrogens (tertiary/aromatic N) is 1. The maximum absolute atomic E-state index is 11.2. The van der Waals surface area contributed by atoms with E-state index < -0.39 is 6.04 Å². The van der Waals surface area contributed by atoms with E-state index >= 15 is 0 Å². The molecule has 0 saturated carbocycles. The Labute approximate surface area is 82.2 Å². The van der Waals surface area contributed by atoms with Gasteiger partial charge < -0.3 is 9.84 Å². The summed E-state index contributed by atoms with van der Waals surface area (Å²) >= 11 is 1.87. The molecule has 13 heavy (non-hydrogen) atoms. The van der Waals surface area contributed by atoms with Gasteiger partial charge in [0.2, 0.25) is 0 Å². The van der Waals surface area contributed by atoms with E-state index in [0.29, 0.717) is 0 Å². The maximum Gasteiger partial charge on any atom is 0.325 e. The molecule has 0 amide bonds. The zero-order valence-corrected chi connectivity index (χ0v) is 8.55. The number of hydrogen-bond acceptors (Lipinski definition) is 5. The van der Waals surface area contributed by atoms with E-state index in [4.69, 9.17) is 5.11 Å². The van der Waals surface area contributed by atoms with Gasteiger partial charge in [0, 0.05) is 24.6 Å². The van der Waals surface area contributed by atoms with Gasteiger partial charge in [0.1, 0.15) is 6.04 Å². The van der Waals surface area contributed by atoms with Crippen molar-refractivity contribution in [3.8, 4) is 0 Å². The summed E-state index contributed by atoms with van der Waals surface area (Å²) in [4.78, 5) is 13.2. The minimum absolute atomic E-state index is 0.155. The first-order valence-electron chi connectivity index (χ1n) is 4.30. The molecule has 0 aliphatic carbocycles. The van der Waals surface area contributed by atoms with Crippen molar-refractivity contribution in [2.75, 3.05) is 38.3 Å². The van der Waals surface area contributed by atoms with E-state index in [1.807, 2.05) is 16.7 Å². The lowest BCUT2D eigenvalue weighted by molar-refractivity contribution is -0.148. The number of esters is 1. The van der Waals surface area contributed by atoms with Crippen LogP contribution in [0, 0.1) is 0 Å². The largest absolute Gasteiger partial charge is 0.468 e. The Morgan fingerprint density at radius 1 is 1.62 bits per heavy atom. The number of rotatable bonds is 3. The predicted molar refractivity (Wildman–Crippen MR) is 51.8 cm³/mol. The van der Waals surface area contributed by atoms with Crippen LogP contribution < -0.4 is 0 Å². The van der Waals surface area contributed by atoms with Crippen molar-refractivity contribution in [1.82, 2.24) is 4.90 Å². The summed E-state index contributed by atoms with van der Waals surface area (Å²) < 4.78 is 4.61. The Morgan fingerprint density at radius 3 is 2.69 bits per heavy atom. The van der Waals surface area contributed by atoms with Crippen molar-refractivity contribution in [2.45, 2.75) is 6.04 Å². The smallest absolute Gasteiger partial charge is 0.325 e. The molecule has 0 aromatic carbocycles. The van der Waals surface area contributed by atoms with Crippen LogP contribution in [0.25, 0.3) is 0 Å². The summed E-state index contributed by atoms with van der Waals surface area (Å²) in [6, 6.07) is -0.467. The van der Waals surface area contributed by atoms with Crippen LogP contribution >= 0.6 is 11.8 Å². The van der Waals surface area contributed by atoms with Crippen LogP contribution in [-0.4, -0.2) is 60.3 Å². The average Bonchev–Trinajstić information content (AvgIpc) is 2.20. The number of carbonyl (C=O) groups is 1. The minimum Gasteiger partial charge on any atom is -0.468 e. The highest BCUT2D eigenvalue weighted by atomic mass is 32.2. The zero-order chi connectivity index (χ0) is 9.68. The van der Waals surface area contributed by atoms with Gasteiger partial charge in [-0.1, -0.05) is 0 Å². The summed E-state index contributed by atoms with van der Waals surface area (Å²) in [5.74, 6) is 1.70. The zero-order valence-electron chi connectivity index (χ0n) is 7.73. The normalized spacial score (nSPS) is 21.1. The third-order valence-corrected chi connectivity index (χ3v) is 3.08. The summed E-state index contributed by atoms with van der Waals surface area (Å²) in [7, 11) is 1.35. The standard InChI is InChI=1S/C8H15NO3S/c1-12-8(11)7(6-10)9-2-4-13-5-3-9/h7,10H,2-6H2,1H3/t7-/m0/s1. The molecule has 1 saturated heterocycles. The average molecular weight is 205 g/mol. The Kier molecular flexibility index (Phi) is 4.55. The van der Waals surface area contributed by atoms with Crippen LogP contribution in [0.3, 0.4) is 0 Å². The van der Waals surface area contributed by atoms with Crippen molar-refractivity contribution in [1.29, 1.82) is 0 Å². The van der Waals surface area contributed by atoms with E-state index in [2.05, 4.69) is 4.74 Å². The highest BCUT2D eigenvalue weighted by Crippen LogP contribution is 2.12. The van der Waals surface area contributed by atoms with Gasteiger partial charge in [-0.25, -0.2) is 0 Å². The lowest BCUT2D eigenvalue weighted by atomic mass is 10.2. The third kappa shape index (κ3) is 2.86. The number of hydrogen-bond donors (Lipinski definition) is 1. The van der Waals surface area contributed by atoms with Gasteiger partial charge >= 0.3 is 5.97 Å². The number of carbonyl (C=O) groups excluding carboxylic acids is 1. The van der Waals surface area contributed by atoms with Gasteiger partial charge in [-0.2, -0.15) is 11.8 Å². The summed E-state index contributed by atoms with van der Waals surface area (Å²) in [5.41, 5.74) is 0. The number of methoxy groups -OCH3 is 1. The Bertz CT molecular complexity index is 171. The number of thioether (sulfide) groups is 1. The van der Waals surface area contributed by atoms with Gasteiger partial charge in [-0.3, -0.25) is 9.69 Å². The van der Waals surface area contributed by atoms with Gasteiger partial charge in [0.05, 0.1) is 13.7 Å². The number of ether oxygens (including phenoxy) is 1. The first kappa shape index (κ1) is 10.8. The highest BCUT2D eigenvalue weighted by molar-refractivity contribution is 7.99. The molecule has 0 radical (unpaired) electrons. The lowest BCUT2D eigenvalue weighted by Gasteiger charge is -2.31. The van der Waals surface area contributed by atoms with Crippen molar-refractivity contribution in [3.05, 3.63) is 0 Å². The Morgan fingerprint density at radius 2 is 2.23 bits per heavy atom. The first-order chi connectivity index (χ1) is 6.29. The molecule has 0 bridgehead atoms. The van der Waals surface area contributed by atoms with Crippen molar-refractivity contribution < 1.29 is 14.6 Å². The van der Waals surface area contributed by atoms with E-state index in [-0.39, 0.29) is 12.6 Å². The summed E-state index contributed by atoms with van der Waals surface area (Å²) in [6.45, 7) is 1.55. The molecule has 1 heterocycles. The molecule has 1 atom stereocenters. The molecule has 1 rings (SSSR count). The molecule has 1 aliphatic heterocycles. The molecule has 4 nitrogen and oxygen atoms in total. The molecule has 5 heteroatoms. The quantitative estimate of drug-likeness (QED) is 0.634. The molecule has 0 unspecified atom stereocenters. The second-order valence-corrected chi connectivity index (χ2v) is 4.09. The van der Waals surface area contributed by atoms with Crippen molar-refractivity contribution in [2.24, 2.45) is 0 Å². The monoisotopic (exact) mass is 205 g/mol. The highest BCUT2D eigenvalue weighted by Gasteiger charge is 2.26. The SMILES string of the molecule is COC(=O)[C@H](CO)N1CCSCC1. The van der Waals surface area contributed by atoms with E-state index in [0.717, 1.165) is 24.6 Å². The van der Waals surface area contributed by atoms with Gasteiger partial charge in [0.25, 0.3) is 0 Å². The van der Waals surface area contributed by atoms with Gasteiger partial charge in [-0.05, 0) is 0 Å². The van der Waals surface area contributed by atoms with Crippen molar-refractivity contribution in [3.63, 3.8) is 0 Å². The second-order valence-electron chi connectivity index (χ2n) is 2.87. The fourth-order valence-corrected chi connectivity index (χ4v) is 2.30. The maximum atomic E-state index is 11.2. The van der Waals surface area contributed by atoms with E-state index in [1.54, 1.807) is 0 Å². The molecule has 0 aromatic heterocycles.